The monoisotopic (exact) mass is 453 g/mol. The molecular weight excluding hydrogens is 430 g/mol. The second-order valence-electron chi connectivity index (χ2n) is 8.01. The maximum Gasteiger partial charge on any atom is 0.273 e. The van der Waals surface area contributed by atoms with Crippen LogP contribution < -0.4 is 5.56 Å². The molecule has 3 aromatic heterocycles. The first-order chi connectivity index (χ1) is 15.1. The lowest BCUT2D eigenvalue weighted by Gasteiger charge is -2.30. The molecule has 1 aliphatic heterocycles. The first-order valence-corrected chi connectivity index (χ1v) is 12.3. The SMILES string of the molecule is C[C@@H]1CCCN(C(=O)CSc2nnc3n(Cc4ccccc4)c(=O)c4sccc4n23)C1. The standard InChI is InChI=1S/C22H23N5O2S2/c1-15-6-5-10-25(12-15)18(28)14-31-22-24-23-21-26(13-16-7-3-2-4-8-16)20(29)19-17(27(21)22)9-11-30-19/h2-4,7-9,11,15H,5-6,10,12-14H2,1H3/t15-/m1/s1. The average molecular weight is 454 g/mol. The van der Waals surface area contributed by atoms with Crippen LogP contribution in [-0.2, 0) is 11.3 Å². The molecule has 0 radical (unpaired) electrons. The number of aromatic nitrogens is 4. The predicted octanol–water partition coefficient (Wildman–Crippen LogP) is 3.50. The Labute approximate surface area is 187 Å². The lowest BCUT2D eigenvalue weighted by atomic mass is 10.0. The van der Waals surface area contributed by atoms with E-state index in [1.165, 1.54) is 29.5 Å². The predicted molar refractivity (Wildman–Crippen MR) is 124 cm³/mol. The van der Waals surface area contributed by atoms with E-state index in [1.807, 2.05) is 51.1 Å². The summed E-state index contributed by atoms with van der Waals surface area (Å²) in [4.78, 5) is 27.8. The Morgan fingerprint density at radius 3 is 2.87 bits per heavy atom. The number of nitrogens with zero attached hydrogens (tertiary/aromatic N) is 5. The first kappa shape index (κ1) is 20.3. The highest BCUT2D eigenvalue weighted by atomic mass is 32.2. The van der Waals surface area contributed by atoms with E-state index in [-0.39, 0.29) is 11.5 Å². The van der Waals surface area contributed by atoms with Gasteiger partial charge in [-0.25, -0.2) is 0 Å². The quantitative estimate of drug-likeness (QED) is 0.433. The van der Waals surface area contributed by atoms with Gasteiger partial charge in [0.15, 0.2) is 5.16 Å². The van der Waals surface area contributed by atoms with Crippen molar-refractivity contribution in [1.29, 1.82) is 0 Å². The summed E-state index contributed by atoms with van der Waals surface area (Å²) in [7, 11) is 0. The molecule has 4 aromatic rings. The zero-order valence-electron chi connectivity index (χ0n) is 17.2. The molecule has 0 spiro atoms. The van der Waals surface area contributed by atoms with Crippen molar-refractivity contribution in [3.8, 4) is 0 Å². The number of amides is 1. The number of thiophene rings is 1. The minimum atomic E-state index is -0.0660. The fourth-order valence-electron chi connectivity index (χ4n) is 4.14. The Kier molecular flexibility index (Phi) is 5.54. The van der Waals surface area contributed by atoms with Gasteiger partial charge in [-0.05, 0) is 35.8 Å². The third kappa shape index (κ3) is 3.87. The summed E-state index contributed by atoms with van der Waals surface area (Å²) in [6.45, 7) is 4.27. The summed E-state index contributed by atoms with van der Waals surface area (Å²) in [5, 5.41) is 11.2. The molecule has 1 amide bonds. The highest BCUT2D eigenvalue weighted by molar-refractivity contribution is 7.99. The number of likely N-dealkylation sites (tertiary alicyclic amines) is 1. The van der Waals surface area contributed by atoms with Crippen LogP contribution in [0.25, 0.3) is 16.0 Å². The summed E-state index contributed by atoms with van der Waals surface area (Å²) in [6, 6.07) is 11.8. The number of piperidine rings is 1. The molecule has 31 heavy (non-hydrogen) atoms. The van der Waals surface area contributed by atoms with Gasteiger partial charge >= 0.3 is 0 Å². The summed E-state index contributed by atoms with van der Waals surface area (Å²) in [5.74, 6) is 1.50. The van der Waals surface area contributed by atoms with Crippen LogP contribution in [0.4, 0.5) is 0 Å². The zero-order chi connectivity index (χ0) is 21.4. The minimum Gasteiger partial charge on any atom is -0.342 e. The van der Waals surface area contributed by atoms with Gasteiger partial charge in [-0.15, -0.1) is 21.5 Å². The molecule has 1 saturated heterocycles. The topological polar surface area (TPSA) is 72.5 Å². The van der Waals surface area contributed by atoms with E-state index in [2.05, 4.69) is 17.1 Å². The molecule has 0 saturated carbocycles. The van der Waals surface area contributed by atoms with Gasteiger partial charge in [-0.2, -0.15) is 0 Å². The molecule has 9 heteroatoms. The Morgan fingerprint density at radius 1 is 1.23 bits per heavy atom. The van der Waals surface area contributed by atoms with Crippen molar-refractivity contribution in [2.45, 2.75) is 31.5 Å². The molecule has 4 heterocycles. The Morgan fingerprint density at radius 2 is 2.06 bits per heavy atom. The second kappa shape index (κ2) is 8.47. The van der Waals surface area contributed by atoms with Crippen molar-refractivity contribution in [3.63, 3.8) is 0 Å². The molecule has 1 fully saturated rings. The molecule has 0 aliphatic carbocycles. The molecule has 1 atom stereocenters. The van der Waals surface area contributed by atoms with Crippen LogP contribution in [0.15, 0.2) is 51.7 Å². The van der Waals surface area contributed by atoms with Crippen LogP contribution in [0.5, 0.6) is 0 Å². The van der Waals surface area contributed by atoms with Crippen LogP contribution in [0.1, 0.15) is 25.3 Å². The van der Waals surface area contributed by atoms with E-state index in [9.17, 15) is 9.59 Å². The summed E-state index contributed by atoms with van der Waals surface area (Å²) in [5.41, 5.74) is 1.75. The largest absolute Gasteiger partial charge is 0.342 e. The number of rotatable bonds is 5. The van der Waals surface area contributed by atoms with Crippen LogP contribution in [0.3, 0.4) is 0 Å². The van der Waals surface area contributed by atoms with Crippen molar-refractivity contribution in [2.75, 3.05) is 18.8 Å². The molecule has 1 aliphatic rings. The Balaban J connectivity index is 1.49. The summed E-state index contributed by atoms with van der Waals surface area (Å²) in [6.07, 6.45) is 2.24. The molecule has 7 nitrogen and oxygen atoms in total. The number of benzene rings is 1. The third-order valence-electron chi connectivity index (χ3n) is 5.70. The minimum absolute atomic E-state index is 0.0660. The lowest BCUT2D eigenvalue weighted by Crippen LogP contribution is -2.40. The highest BCUT2D eigenvalue weighted by Crippen LogP contribution is 2.25. The van der Waals surface area contributed by atoms with Gasteiger partial charge in [0.1, 0.15) is 4.70 Å². The van der Waals surface area contributed by atoms with Crippen LogP contribution in [0, 0.1) is 5.92 Å². The smallest absolute Gasteiger partial charge is 0.273 e. The van der Waals surface area contributed by atoms with Gasteiger partial charge in [-0.3, -0.25) is 18.6 Å². The van der Waals surface area contributed by atoms with Crippen molar-refractivity contribution in [1.82, 2.24) is 24.1 Å². The Bertz CT molecular complexity index is 1290. The van der Waals surface area contributed by atoms with Crippen molar-refractivity contribution in [2.24, 2.45) is 5.92 Å². The van der Waals surface area contributed by atoms with Crippen LogP contribution in [0.2, 0.25) is 0 Å². The summed E-state index contributed by atoms with van der Waals surface area (Å²) < 4.78 is 4.24. The van der Waals surface area contributed by atoms with Crippen LogP contribution in [-0.4, -0.2) is 48.8 Å². The second-order valence-corrected chi connectivity index (χ2v) is 9.86. The van der Waals surface area contributed by atoms with Gasteiger partial charge in [0.2, 0.25) is 11.7 Å². The fraction of sp³-hybridized carbons (Fsp3) is 0.364. The molecule has 0 N–H and O–H groups in total. The van der Waals surface area contributed by atoms with E-state index < -0.39 is 0 Å². The maximum atomic E-state index is 13.1. The normalized spacial score (nSPS) is 16.9. The number of carbonyl (C=O) groups is 1. The van der Waals surface area contributed by atoms with Gasteiger partial charge in [0.25, 0.3) is 5.56 Å². The molecule has 0 unspecified atom stereocenters. The van der Waals surface area contributed by atoms with Gasteiger partial charge in [0.05, 0.1) is 17.8 Å². The molecular formula is C22H23N5O2S2. The van der Waals surface area contributed by atoms with E-state index in [4.69, 9.17) is 0 Å². The molecule has 160 valence electrons. The number of thioether (sulfide) groups is 1. The highest BCUT2D eigenvalue weighted by Gasteiger charge is 2.23. The van der Waals surface area contributed by atoms with Crippen LogP contribution >= 0.6 is 23.1 Å². The van der Waals surface area contributed by atoms with Crippen molar-refractivity contribution in [3.05, 3.63) is 57.7 Å². The zero-order valence-corrected chi connectivity index (χ0v) is 18.9. The van der Waals surface area contributed by atoms with Gasteiger partial charge < -0.3 is 4.90 Å². The number of fused-ring (bicyclic) bond motifs is 3. The summed E-state index contributed by atoms with van der Waals surface area (Å²) >= 11 is 2.80. The van der Waals surface area contributed by atoms with Gasteiger partial charge in [0, 0.05) is 13.1 Å². The van der Waals surface area contributed by atoms with E-state index in [1.54, 1.807) is 4.57 Å². The maximum absolute atomic E-state index is 13.1. The number of carbonyl (C=O) groups excluding carboxylic acids is 1. The molecule has 5 rings (SSSR count). The Hall–Kier alpha value is -2.65. The fourth-order valence-corrected chi connectivity index (χ4v) is 5.80. The number of hydrogen-bond acceptors (Lipinski definition) is 6. The van der Waals surface area contributed by atoms with E-state index in [0.717, 1.165) is 30.6 Å². The number of hydrogen-bond donors (Lipinski definition) is 0. The first-order valence-electron chi connectivity index (χ1n) is 10.4. The molecule has 1 aromatic carbocycles. The average Bonchev–Trinajstić information content (AvgIpc) is 3.43. The van der Waals surface area contributed by atoms with Gasteiger partial charge in [-0.1, -0.05) is 49.0 Å². The molecule has 0 bridgehead atoms. The third-order valence-corrected chi connectivity index (χ3v) is 7.51. The van der Waals surface area contributed by atoms with E-state index in [0.29, 0.717) is 33.8 Å². The van der Waals surface area contributed by atoms with E-state index >= 15 is 0 Å². The van der Waals surface area contributed by atoms with Crippen molar-refractivity contribution >= 4 is 45.0 Å². The lowest BCUT2D eigenvalue weighted by molar-refractivity contribution is -0.130. The van der Waals surface area contributed by atoms with Crippen molar-refractivity contribution < 1.29 is 4.79 Å².